The lowest BCUT2D eigenvalue weighted by Crippen LogP contribution is -2.40. The first-order valence-corrected chi connectivity index (χ1v) is 5.81. The maximum absolute atomic E-state index is 13.1. The number of rotatable bonds is 1. The summed E-state index contributed by atoms with van der Waals surface area (Å²) in [6.45, 7) is 2.78. The number of benzene rings is 1. The topological polar surface area (TPSA) is 40.5 Å². The van der Waals surface area contributed by atoms with Crippen molar-refractivity contribution in [1.82, 2.24) is 4.90 Å². The van der Waals surface area contributed by atoms with Crippen LogP contribution in [0.5, 0.6) is 0 Å². The van der Waals surface area contributed by atoms with Crippen LogP contribution in [0.15, 0.2) is 18.2 Å². The van der Waals surface area contributed by atoms with Gasteiger partial charge in [0.15, 0.2) is 0 Å². The molecule has 0 aromatic heterocycles. The molecular formula is C13H16FNO2. The van der Waals surface area contributed by atoms with Gasteiger partial charge in [-0.1, -0.05) is 0 Å². The molecular weight excluding hydrogens is 221 g/mol. The van der Waals surface area contributed by atoms with Crippen LogP contribution in [0.3, 0.4) is 0 Å². The number of amides is 1. The van der Waals surface area contributed by atoms with E-state index in [2.05, 4.69) is 0 Å². The SMILES string of the molecule is Cc1cc(C(=O)N2CCC(O)CC2)ccc1F. The molecule has 1 fully saturated rings. The van der Waals surface area contributed by atoms with Crippen molar-refractivity contribution in [2.24, 2.45) is 0 Å². The predicted octanol–water partition coefficient (Wildman–Crippen LogP) is 1.73. The molecule has 4 heteroatoms. The number of nitrogens with zero attached hydrogens (tertiary/aromatic N) is 1. The van der Waals surface area contributed by atoms with Crippen LogP contribution in [-0.4, -0.2) is 35.1 Å². The highest BCUT2D eigenvalue weighted by molar-refractivity contribution is 5.94. The number of carbonyl (C=O) groups excluding carboxylic acids is 1. The molecule has 0 atom stereocenters. The molecule has 0 aliphatic carbocycles. The molecule has 1 saturated heterocycles. The Bertz CT molecular complexity index is 425. The Morgan fingerprint density at radius 2 is 2.06 bits per heavy atom. The zero-order valence-corrected chi connectivity index (χ0v) is 9.82. The standard InChI is InChI=1S/C13H16FNO2/c1-9-8-10(2-3-12(9)14)13(17)15-6-4-11(16)5-7-15/h2-3,8,11,16H,4-7H2,1H3. The summed E-state index contributed by atoms with van der Waals surface area (Å²) in [5.41, 5.74) is 0.994. The van der Waals surface area contributed by atoms with Crippen LogP contribution in [0.4, 0.5) is 4.39 Å². The van der Waals surface area contributed by atoms with Crippen molar-refractivity contribution in [1.29, 1.82) is 0 Å². The van der Waals surface area contributed by atoms with Crippen molar-refractivity contribution < 1.29 is 14.3 Å². The maximum atomic E-state index is 13.1. The Labute approximate surface area is 99.9 Å². The lowest BCUT2D eigenvalue weighted by molar-refractivity contribution is 0.0546. The fourth-order valence-electron chi connectivity index (χ4n) is 2.03. The van der Waals surface area contributed by atoms with Gasteiger partial charge in [0, 0.05) is 18.7 Å². The normalized spacial score (nSPS) is 17.2. The molecule has 0 bridgehead atoms. The number of hydrogen-bond donors (Lipinski definition) is 1. The van der Waals surface area contributed by atoms with Crippen LogP contribution in [-0.2, 0) is 0 Å². The van der Waals surface area contributed by atoms with Gasteiger partial charge in [0.1, 0.15) is 5.82 Å². The molecule has 1 aliphatic heterocycles. The van der Waals surface area contributed by atoms with Gasteiger partial charge in [-0.15, -0.1) is 0 Å². The molecule has 0 saturated carbocycles. The van der Waals surface area contributed by atoms with E-state index in [4.69, 9.17) is 0 Å². The van der Waals surface area contributed by atoms with Crippen LogP contribution >= 0.6 is 0 Å². The summed E-state index contributed by atoms with van der Waals surface area (Å²) in [5, 5.41) is 9.37. The largest absolute Gasteiger partial charge is 0.393 e. The summed E-state index contributed by atoms with van der Waals surface area (Å²) >= 11 is 0. The molecule has 3 nitrogen and oxygen atoms in total. The number of halogens is 1. The maximum Gasteiger partial charge on any atom is 0.253 e. The lowest BCUT2D eigenvalue weighted by atomic mass is 10.1. The molecule has 0 radical (unpaired) electrons. The smallest absolute Gasteiger partial charge is 0.253 e. The Hall–Kier alpha value is -1.42. The zero-order valence-electron chi connectivity index (χ0n) is 9.82. The van der Waals surface area contributed by atoms with Gasteiger partial charge < -0.3 is 10.0 Å². The van der Waals surface area contributed by atoms with E-state index in [0.29, 0.717) is 37.1 Å². The molecule has 1 aromatic rings. The second-order valence-corrected chi connectivity index (χ2v) is 4.49. The molecule has 2 rings (SSSR count). The van der Waals surface area contributed by atoms with Crippen molar-refractivity contribution in [3.63, 3.8) is 0 Å². The van der Waals surface area contributed by atoms with E-state index in [1.54, 1.807) is 17.9 Å². The Balaban J connectivity index is 2.11. The van der Waals surface area contributed by atoms with Crippen molar-refractivity contribution in [2.75, 3.05) is 13.1 Å². The summed E-state index contributed by atoms with van der Waals surface area (Å²) in [5.74, 6) is -0.379. The highest BCUT2D eigenvalue weighted by Crippen LogP contribution is 2.15. The van der Waals surface area contributed by atoms with E-state index in [1.165, 1.54) is 12.1 Å². The van der Waals surface area contributed by atoms with Gasteiger partial charge >= 0.3 is 0 Å². The van der Waals surface area contributed by atoms with E-state index in [9.17, 15) is 14.3 Å². The quantitative estimate of drug-likeness (QED) is 0.808. The summed E-state index contributed by atoms with van der Waals surface area (Å²) < 4.78 is 13.1. The molecule has 1 amide bonds. The van der Waals surface area contributed by atoms with Crippen molar-refractivity contribution >= 4 is 5.91 Å². The number of aryl methyl sites for hydroxylation is 1. The van der Waals surface area contributed by atoms with Crippen LogP contribution < -0.4 is 0 Å². The fraction of sp³-hybridized carbons (Fsp3) is 0.462. The van der Waals surface area contributed by atoms with Crippen LogP contribution in [0.25, 0.3) is 0 Å². The summed E-state index contributed by atoms with van der Waals surface area (Å²) in [7, 11) is 0. The third-order valence-corrected chi connectivity index (χ3v) is 3.16. The minimum Gasteiger partial charge on any atom is -0.393 e. The third kappa shape index (κ3) is 2.64. The molecule has 17 heavy (non-hydrogen) atoms. The van der Waals surface area contributed by atoms with Gasteiger partial charge in [-0.05, 0) is 43.5 Å². The van der Waals surface area contributed by atoms with E-state index in [1.807, 2.05) is 0 Å². The molecule has 0 unspecified atom stereocenters. The van der Waals surface area contributed by atoms with Crippen LogP contribution in [0.1, 0.15) is 28.8 Å². The summed E-state index contributed by atoms with van der Waals surface area (Å²) in [4.78, 5) is 13.8. The second kappa shape index (κ2) is 4.84. The van der Waals surface area contributed by atoms with Crippen molar-refractivity contribution in [3.05, 3.63) is 35.1 Å². The van der Waals surface area contributed by atoms with E-state index in [-0.39, 0.29) is 17.8 Å². The Kier molecular flexibility index (Phi) is 3.43. The molecule has 1 aliphatic rings. The fourth-order valence-corrected chi connectivity index (χ4v) is 2.03. The number of aliphatic hydroxyl groups excluding tert-OH is 1. The molecule has 1 N–H and O–H groups in total. The van der Waals surface area contributed by atoms with Gasteiger partial charge in [-0.2, -0.15) is 0 Å². The summed E-state index contributed by atoms with van der Waals surface area (Å²) in [6, 6.07) is 4.40. The van der Waals surface area contributed by atoms with Crippen LogP contribution in [0, 0.1) is 12.7 Å². The highest BCUT2D eigenvalue weighted by atomic mass is 19.1. The molecule has 1 heterocycles. The Morgan fingerprint density at radius 1 is 1.41 bits per heavy atom. The predicted molar refractivity (Wildman–Crippen MR) is 62.3 cm³/mol. The number of likely N-dealkylation sites (tertiary alicyclic amines) is 1. The number of aliphatic hydroxyl groups is 1. The lowest BCUT2D eigenvalue weighted by Gasteiger charge is -2.29. The van der Waals surface area contributed by atoms with Gasteiger partial charge in [-0.25, -0.2) is 4.39 Å². The van der Waals surface area contributed by atoms with Gasteiger partial charge in [-0.3, -0.25) is 4.79 Å². The number of carbonyl (C=O) groups is 1. The molecule has 92 valence electrons. The van der Waals surface area contributed by atoms with Gasteiger partial charge in [0.05, 0.1) is 6.10 Å². The average Bonchev–Trinajstić information content (AvgIpc) is 2.33. The minimum absolute atomic E-state index is 0.0833. The Morgan fingerprint density at radius 3 is 2.65 bits per heavy atom. The first kappa shape index (κ1) is 12.0. The summed E-state index contributed by atoms with van der Waals surface area (Å²) in [6.07, 6.45) is 0.937. The first-order chi connectivity index (χ1) is 8.08. The minimum atomic E-state index is -0.297. The van der Waals surface area contributed by atoms with Crippen molar-refractivity contribution in [2.45, 2.75) is 25.9 Å². The van der Waals surface area contributed by atoms with Gasteiger partial charge in [0.25, 0.3) is 5.91 Å². The van der Waals surface area contributed by atoms with E-state index in [0.717, 1.165) is 0 Å². The number of hydrogen-bond acceptors (Lipinski definition) is 2. The number of piperidine rings is 1. The first-order valence-electron chi connectivity index (χ1n) is 5.81. The van der Waals surface area contributed by atoms with Crippen LogP contribution in [0.2, 0.25) is 0 Å². The highest BCUT2D eigenvalue weighted by Gasteiger charge is 2.22. The van der Waals surface area contributed by atoms with Gasteiger partial charge in [0.2, 0.25) is 0 Å². The third-order valence-electron chi connectivity index (χ3n) is 3.16. The zero-order chi connectivity index (χ0) is 12.4. The van der Waals surface area contributed by atoms with E-state index >= 15 is 0 Å². The second-order valence-electron chi connectivity index (χ2n) is 4.49. The van der Waals surface area contributed by atoms with Crippen molar-refractivity contribution in [3.8, 4) is 0 Å². The average molecular weight is 237 g/mol. The monoisotopic (exact) mass is 237 g/mol. The molecule has 0 spiro atoms. The van der Waals surface area contributed by atoms with E-state index < -0.39 is 0 Å². The molecule has 1 aromatic carbocycles.